The van der Waals surface area contributed by atoms with Gasteiger partial charge in [-0.2, -0.15) is 0 Å². The molecule has 0 fully saturated rings. The summed E-state index contributed by atoms with van der Waals surface area (Å²) in [5.41, 5.74) is 0.610. The minimum absolute atomic E-state index is 0.0870. The Kier molecular flexibility index (Phi) is 13.0. The van der Waals surface area contributed by atoms with E-state index >= 15 is 0 Å². The summed E-state index contributed by atoms with van der Waals surface area (Å²) in [6.07, 6.45) is 1.32. The first-order valence-corrected chi connectivity index (χ1v) is 17.7. The lowest BCUT2D eigenvalue weighted by Gasteiger charge is -2.35. The Balaban J connectivity index is 1.62. The topological polar surface area (TPSA) is 138 Å². The van der Waals surface area contributed by atoms with Crippen LogP contribution in [0, 0.1) is 17.6 Å². The lowest BCUT2D eigenvalue weighted by molar-refractivity contribution is -0.0115. The van der Waals surface area contributed by atoms with Gasteiger partial charge in [-0.3, -0.25) is 9.52 Å². The van der Waals surface area contributed by atoms with Gasteiger partial charge in [0.2, 0.25) is 0 Å². The molecule has 4 atom stereocenters. The van der Waals surface area contributed by atoms with Crippen LogP contribution in [0.4, 0.5) is 25.0 Å². The number of nitrogens with one attached hydrogen (secondary N) is 2. The first-order valence-electron chi connectivity index (χ1n) is 16.2. The molecule has 1 aliphatic heterocycles. The minimum Gasteiger partial charge on any atom is -0.490 e. The number of urea groups is 1. The minimum atomic E-state index is -4.12. The molecule has 3 N–H and O–H groups in total. The normalized spacial score (nSPS) is 19.9. The number of ether oxygens (including phenoxy) is 2. The quantitative estimate of drug-likeness (QED) is 0.273. The highest BCUT2D eigenvalue weighted by Crippen LogP contribution is 2.29. The maximum Gasteiger partial charge on any atom is 0.321 e. The second-order valence-corrected chi connectivity index (χ2v) is 14.1. The Morgan fingerprint density at radius 1 is 1.02 bits per heavy atom. The fourth-order valence-electron chi connectivity index (χ4n) is 5.38. The zero-order valence-corrected chi connectivity index (χ0v) is 28.9. The van der Waals surface area contributed by atoms with Crippen LogP contribution in [0.5, 0.6) is 5.75 Å². The molecule has 0 radical (unpaired) electrons. The van der Waals surface area contributed by atoms with Crippen molar-refractivity contribution in [1.82, 2.24) is 9.80 Å². The SMILES string of the molecule is C[C@@H]1CN([C@@H](C)CO)C(=O)c2cc(NS(=O)(=O)c3ccc(F)cc3)ccc2O[C@@H](C)CCCCO[C@H]1CN(C)C(=O)Nc1ccc(F)cc1. The highest BCUT2D eigenvalue weighted by atomic mass is 32.2. The molecule has 1 aliphatic rings. The van der Waals surface area contributed by atoms with Crippen LogP contribution < -0.4 is 14.8 Å². The number of amides is 3. The van der Waals surface area contributed by atoms with Gasteiger partial charge >= 0.3 is 6.03 Å². The van der Waals surface area contributed by atoms with Crippen LogP contribution >= 0.6 is 0 Å². The molecular formula is C35H44F2N4O7S. The number of hydrogen-bond acceptors (Lipinski definition) is 7. The van der Waals surface area contributed by atoms with Crippen LogP contribution in [0.3, 0.4) is 0 Å². The van der Waals surface area contributed by atoms with Gasteiger partial charge in [0.15, 0.2) is 0 Å². The predicted octanol–water partition coefficient (Wildman–Crippen LogP) is 5.73. The molecule has 14 heteroatoms. The van der Waals surface area contributed by atoms with Crippen LogP contribution in [-0.2, 0) is 14.8 Å². The predicted molar refractivity (Wildman–Crippen MR) is 182 cm³/mol. The van der Waals surface area contributed by atoms with E-state index in [1.54, 1.807) is 14.0 Å². The Hall–Kier alpha value is -4.27. The first-order chi connectivity index (χ1) is 23.3. The molecule has 0 aromatic heterocycles. The molecule has 49 heavy (non-hydrogen) atoms. The molecule has 266 valence electrons. The van der Waals surface area contributed by atoms with Crippen molar-refractivity contribution in [1.29, 1.82) is 0 Å². The van der Waals surface area contributed by atoms with E-state index in [-0.39, 0.29) is 53.6 Å². The highest BCUT2D eigenvalue weighted by molar-refractivity contribution is 7.92. The van der Waals surface area contributed by atoms with Gasteiger partial charge < -0.3 is 29.7 Å². The zero-order valence-electron chi connectivity index (χ0n) is 28.1. The molecule has 4 rings (SSSR count). The van der Waals surface area contributed by atoms with Gasteiger partial charge in [-0.15, -0.1) is 0 Å². The van der Waals surface area contributed by atoms with E-state index in [0.29, 0.717) is 18.7 Å². The standard InChI is InChI=1S/C35H44F2N4O7S/c1-23-20-41(24(2)22-42)34(43)31-19-29(39-49(45,46)30-15-10-27(37)11-16-30)14-17-32(31)48-25(3)7-5-6-18-47-33(23)21-40(4)35(44)38-28-12-8-26(36)9-13-28/h8-17,19,23-25,33,39,42H,5-7,18,20-22H2,1-4H3,(H,38,44)/t23-,24+,25+,33+/m1/s1. The van der Waals surface area contributed by atoms with Crippen molar-refractivity contribution in [2.75, 3.05) is 43.4 Å². The number of benzene rings is 3. The molecule has 0 aliphatic carbocycles. The van der Waals surface area contributed by atoms with Gasteiger partial charge in [-0.05, 0) is 99.8 Å². The Morgan fingerprint density at radius 3 is 2.31 bits per heavy atom. The fraction of sp³-hybridized carbons (Fsp3) is 0.429. The van der Waals surface area contributed by atoms with Crippen LogP contribution in [-0.4, -0.2) is 86.9 Å². The molecule has 11 nitrogen and oxygen atoms in total. The van der Waals surface area contributed by atoms with Gasteiger partial charge in [0.25, 0.3) is 15.9 Å². The number of carbonyl (C=O) groups is 2. The van der Waals surface area contributed by atoms with Crippen molar-refractivity contribution < 1.29 is 41.4 Å². The van der Waals surface area contributed by atoms with E-state index in [9.17, 15) is 31.9 Å². The van der Waals surface area contributed by atoms with Crippen LogP contribution in [0.1, 0.15) is 50.4 Å². The van der Waals surface area contributed by atoms with Gasteiger partial charge in [0.1, 0.15) is 17.4 Å². The maximum absolute atomic E-state index is 14.3. The van der Waals surface area contributed by atoms with Crippen molar-refractivity contribution in [3.63, 3.8) is 0 Å². The van der Waals surface area contributed by atoms with Crippen LogP contribution in [0.25, 0.3) is 0 Å². The number of nitrogens with zero attached hydrogens (tertiary/aromatic N) is 2. The van der Waals surface area contributed by atoms with Gasteiger partial charge in [-0.1, -0.05) is 6.92 Å². The third kappa shape index (κ3) is 10.4. The summed E-state index contributed by atoms with van der Waals surface area (Å²) in [4.78, 5) is 30.1. The largest absolute Gasteiger partial charge is 0.490 e. The summed E-state index contributed by atoms with van der Waals surface area (Å²) >= 11 is 0. The van der Waals surface area contributed by atoms with E-state index in [1.165, 1.54) is 52.3 Å². The zero-order chi connectivity index (χ0) is 35.7. The average Bonchev–Trinajstić information content (AvgIpc) is 3.07. The lowest BCUT2D eigenvalue weighted by Crippen LogP contribution is -2.48. The number of fused-ring (bicyclic) bond motifs is 1. The second kappa shape index (κ2) is 16.9. The summed E-state index contributed by atoms with van der Waals surface area (Å²) in [6.45, 7) is 5.81. The Morgan fingerprint density at radius 2 is 1.65 bits per heavy atom. The summed E-state index contributed by atoms with van der Waals surface area (Å²) in [7, 11) is -2.50. The lowest BCUT2D eigenvalue weighted by atomic mass is 10.0. The van der Waals surface area contributed by atoms with E-state index in [4.69, 9.17) is 9.47 Å². The monoisotopic (exact) mass is 702 g/mol. The number of aliphatic hydroxyl groups excluding tert-OH is 1. The fourth-order valence-corrected chi connectivity index (χ4v) is 6.43. The Labute approximate surface area is 286 Å². The third-order valence-corrected chi connectivity index (χ3v) is 9.72. The van der Waals surface area contributed by atoms with E-state index in [2.05, 4.69) is 10.0 Å². The van der Waals surface area contributed by atoms with E-state index in [1.807, 2.05) is 13.8 Å². The van der Waals surface area contributed by atoms with Crippen molar-refractivity contribution in [2.24, 2.45) is 5.92 Å². The molecule has 3 amide bonds. The van der Waals surface area contributed by atoms with Crippen molar-refractivity contribution in [3.05, 3.63) is 83.9 Å². The first kappa shape index (κ1) is 37.5. The number of sulfonamides is 1. The molecular weight excluding hydrogens is 658 g/mol. The highest BCUT2D eigenvalue weighted by Gasteiger charge is 2.31. The third-order valence-electron chi connectivity index (χ3n) is 8.32. The van der Waals surface area contributed by atoms with Crippen molar-refractivity contribution in [2.45, 2.75) is 63.2 Å². The smallest absolute Gasteiger partial charge is 0.321 e. The van der Waals surface area contributed by atoms with Gasteiger partial charge in [0, 0.05) is 44.0 Å². The molecule has 0 spiro atoms. The molecule has 3 aromatic carbocycles. The number of likely N-dealkylation sites (N-methyl/N-ethyl adjacent to an activating group) is 1. The number of aliphatic hydroxyl groups is 1. The molecule has 3 aromatic rings. The van der Waals surface area contributed by atoms with Crippen LogP contribution in [0.15, 0.2) is 71.6 Å². The molecule has 0 bridgehead atoms. The van der Waals surface area contributed by atoms with Crippen molar-refractivity contribution >= 4 is 33.3 Å². The molecule has 0 saturated carbocycles. The molecule has 1 heterocycles. The summed E-state index contributed by atoms with van der Waals surface area (Å²) in [5.74, 6) is -1.58. The summed E-state index contributed by atoms with van der Waals surface area (Å²) in [5, 5.41) is 12.9. The number of halogens is 2. The number of hydrogen-bond donors (Lipinski definition) is 3. The molecule has 0 saturated heterocycles. The van der Waals surface area contributed by atoms with E-state index < -0.39 is 45.7 Å². The Bertz CT molecular complexity index is 1680. The second-order valence-electron chi connectivity index (χ2n) is 12.4. The van der Waals surface area contributed by atoms with E-state index in [0.717, 1.165) is 37.1 Å². The van der Waals surface area contributed by atoms with Crippen LogP contribution in [0.2, 0.25) is 0 Å². The van der Waals surface area contributed by atoms with Gasteiger partial charge in [-0.25, -0.2) is 22.0 Å². The van der Waals surface area contributed by atoms with Crippen molar-refractivity contribution in [3.8, 4) is 5.75 Å². The molecule has 0 unspecified atom stereocenters. The number of anilines is 2. The summed E-state index contributed by atoms with van der Waals surface area (Å²) in [6, 6.07) is 13.1. The van der Waals surface area contributed by atoms with Gasteiger partial charge in [0.05, 0.1) is 35.3 Å². The number of rotatable bonds is 8. The maximum atomic E-state index is 14.3. The number of carbonyl (C=O) groups excluding carboxylic acids is 2. The summed E-state index contributed by atoms with van der Waals surface area (Å²) < 4.78 is 67.9. The average molecular weight is 703 g/mol.